The number of aliphatic hydroxyl groups is 1. The lowest BCUT2D eigenvalue weighted by atomic mass is 10.1. The fourth-order valence-corrected chi connectivity index (χ4v) is 2.38. The molecule has 5 heteroatoms. The van der Waals surface area contributed by atoms with Crippen LogP contribution in [0, 0.1) is 17.6 Å². The molecule has 3 atom stereocenters. The van der Waals surface area contributed by atoms with Crippen LogP contribution in [0.1, 0.15) is 31.2 Å². The summed E-state index contributed by atoms with van der Waals surface area (Å²) in [7, 11) is 1.67. The van der Waals surface area contributed by atoms with Gasteiger partial charge in [0, 0.05) is 19.5 Å². The first kappa shape index (κ1) is 14.9. The van der Waals surface area contributed by atoms with Crippen LogP contribution in [-0.4, -0.2) is 35.6 Å². The Morgan fingerprint density at radius 2 is 2.20 bits per heavy atom. The van der Waals surface area contributed by atoms with Crippen molar-refractivity contribution >= 4 is 5.91 Å². The SMILES string of the molecule is CC(O)CCN(C)C(=O)C1CC1c1cc(F)ccc1F. The van der Waals surface area contributed by atoms with Gasteiger partial charge in [0.15, 0.2) is 0 Å². The lowest BCUT2D eigenvalue weighted by Crippen LogP contribution is -2.31. The molecule has 110 valence electrons. The van der Waals surface area contributed by atoms with Gasteiger partial charge in [0.1, 0.15) is 11.6 Å². The van der Waals surface area contributed by atoms with Gasteiger partial charge in [-0.1, -0.05) is 0 Å². The summed E-state index contributed by atoms with van der Waals surface area (Å²) in [5, 5.41) is 9.20. The summed E-state index contributed by atoms with van der Waals surface area (Å²) < 4.78 is 26.8. The molecule has 1 amide bonds. The van der Waals surface area contributed by atoms with Crippen molar-refractivity contribution in [3.8, 4) is 0 Å². The molecule has 1 N–H and O–H groups in total. The van der Waals surface area contributed by atoms with E-state index in [1.807, 2.05) is 0 Å². The first-order valence-electron chi connectivity index (χ1n) is 6.78. The number of nitrogens with zero attached hydrogens (tertiary/aromatic N) is 1. The molecule has 1 aromatic rings. The number of halogens is 2. The second kappa shape index (κ2) is 5.87. The number of rotatable bonds is 5. The first-order chi connectivity index (χ1) is 9.40. The molecule has 1 aliphatic carbocycles. The van der Waals surface area contributed by atoms with Gasteiger partial charge in [0.2, 0.25) is 5.91 Å². The molecular formula is C15H19F2NO2. The summed E-state index contributed by atoms with van der Waals surface area (Å²) in [6.07, 6.45) is 0.604. The largest absolute Gasteiger partial charge is 0.393 e. The zero-order chi connectivity index (χ0) is 14.9. The molecule has 1 aromatic carbocycles. The molecule has 20 heavy (non-hydrogen) atoms. The minimum absolute atomic E-state index is 0.0701. The van der Waals surface area contributed by atoms with Crippen LogP contribution in [0.4, 0.5) is 8.78 Å². The van der Waals surface area contributed by atoms with Crippen LogP contribution >= 0.6 is 0 Å². The quantitative estimate of drug-likeness (QED) is 0.900. The van der Waals surface area contributed by atoms with Gasteiger partial charge >= 0.3 is 0 Å². The first-order valence-corrected chi connectivity index (χ1v) is 6.78. The monoisotopic (exact) mass is 283 g/mol. The zero-order valence-corrected chi connectivity index (χ0v) is 11.6. The van der Waals surface area contributed by atoms with Crippen molar-refractivity contribution in [1.29, 1.82) is 0 Å². The highest BCUT2D eigenvalue weighted by Gasteiger charge is 2.46. The smallest absolute Gasteiger partial charge is 0.226 e. The Labute approximate surface area is 117 Å². The molecule has 0 heterocycles. The maximum Gasteiger partial charge on any atom is 0.226 e. The predicted molar refractivity (Wildman–Crippen MR) is 71.1 cm³/mol. The fourth-order valence-electron chi connectivity index (χ4n) is 2.38. The Bertz CT molecular complexity index is 505. The van der Waals surface area contributed by atoms with E-state index in [1.165, 1.54) is 6.07 Å². The van der Waals surface area contributed by atoms with Crippen LogP contribution in [0.15, 0.2) is 18.2 Å². The molecular weight excluding hydrogens is 264 g/mol. The molecule has 3 unspecified atom stereocenters. The molecule has 0 saturated heterocycles. The maximum absolute atomic E-state index is 13.6. The molecule has 0 aromatic heterocycles. The van der Waals surface area contributed by atoms with Crippen molar-refractivity contribution in [1.82, 2.24) is 4.90 Å². The number of carbonyl (C=O) groups is 1. The minimum Gasteiger partial charge on any atom is -0.393 e. The van der Waals surface area contributed by atoms with E-state index in [2.05, 4.69) is 0 Å². The van der Waals surface area contributed by atoms with Crippen molar-refractivity contribution in [3.05, 3.63) is 35.4 Å². The van der Waals surface area contributed by atoms with E-state index in [0.717, 1.165) is 12.1 Å². The molecule has 1 aliphatic rings. The van der Waals surface area contributed by atoms with E-state index in [1.54, 1.807) is 18.9 Å². The molecule has 1 fully saturated rings. The fraction of sp³-hybridized carbons (Fsp3) is 0.533. The van der Waals surface area contributed by atoms with Crippen LogP contribution in [0.5, 0.6) is 0 Å². The van der Waals surface area contributed by atoms with Crippen LogP contribution in [-0.2, 0) is 4.79 Å². The molecule has 0 bridgehead atoms. The summed E-state index contributed by atoms with van der Waals surface area (Å²) in [5.41, 5.74) is 0.285. The number of hydrogen-bond acceptors (Lipinski definition) is 2. The normalized spacial score (nSPS) is 22.4. The highest BCUT2D eigenvalue weighted by Crippen LogP contribution is 2.49. The van der Waals surface area contributed by atoms with Crippen LogP contribution in [0.25, 0.3) is 0 Å². The van der Waals surface area contributed by atoms with E-state index < -0.39 is 17.7 Å². The Kier molecular flexibility index (Phi) is 4.38. The molecule has 0 aliphatic heterocycles. The van der Waals surface area contributed by atoms with Gasteiger partial charge < -0.3 is 10.0 Å². The van der Waals surface area contributed by atoms with Crippen LogP contribution in [0.2, 0.25) is 0 Å². The van der Waals surface area contributed by atoms with Crippen molar-refractivity contribution in [2.24, 2.45) is 5.92 Å². The number of hydrogen-bond donors (Lipinski definition) is 1. The second-order valence-electron chi connectivity index (χ2n) is 5.51. The van der Waals surface area contributed by atoms with Gasteiger partial charge in [-0.2, -0.15) is 0 Å². The van der Waals surface area contributed by atoms with E-state index in [0.29, 0.717) is 19.4 Å². The molecule has 0 radical (unpaired) electrons. The van der Waals surface area contributed by atoms with Crippen molar-refractivity contribution < 1.29 is 18.7 Å². The highest BCUT2D eigenvalue weighted by molar-refractivity contribution is 5.82. The standard InChI is InChI=1S/C15H19F2NO2/c1-9(19)5-6-18(2)15(20)13-8-11(13)12-7-10(16)3-4-14(12)17/h3-4,7,9,11,13,19H,5-6,8H2,1-2H3. The van der Waals surface area contributed by atoms with E-state index in [9.17, 15) is 18.7 Å². The lowest BCUT2D eigenvalue weighted by Gasteiger charge is -2.18. The molecule has 2 rings (SSSR count). The average molecular weight is 283 g/mol. The summed E-state index contributed by atoms with van der Waals surface area (Å²) >= 11 is 0. The Balaban J connectivity index is 1.97. The summed E-state index contributed by atoms with van der Waals surface area (Å²) in [5.74, 6) is -1.52. The second-order valence-corrected chi connectivity index (χ2v) is 5.51. The van der Waals surface area contributed by atoms with Gasteiger partial charge in [-0.05, 0) is 49.4 Å². The van der Waals surface area contributed by atoms with Crippen molar-refractivity contribution in [3.63, 3.8) is 0 Å². The van der Waals surface area contributed by atoms with E-state index in [-0.39, 0.29) is 23.3 Å². The van der Waals surface area contributed by atoms with E-state index >= 15 is 0 Å². The topological polar surface area (TPSA) is 40.5 Å². The van der Waals surface area contributed by atoms with Crippen molar-refractivity contribution in [2.75, 3.05) is 13.6 Å². The minimum atomic E-state index is -0.484. The number of carbonyl (C=O) groups excluding carboxylic acids is 1. The zero-order valence-electron chi connectivity index (χ0n) is 11.6. The van der Waals surface area contributed by atoms with E-state index in [4.69, 9.17) is 0 Å². The van der Waals surface area contributed by atoms with Gasteiger partial charge in [0.25, 0.3) is 0 Å². The molecule has 1 saturated carbocycles. The summed E-state index contributed by atoms with van der Waals surface area (Å²) in [6.45, 7) is 2.13. The van der Waals surface area contributed by atoms with Gasteiger partial charge in [-0.15, -0.1) is 0 Å². The van der Waals surface area contributed by atoms with Gasteiger partial charge in [-0.3, -0.25) is 4.79 Å². The maximum atomic E-state index is 13.6. The lowest BCUT2D eigenvalue weighted by molar-refractivity contribution is -0.131. The van der Waals surface area contributed by atoms with Gasteiger partial charge in [0.05, 0.1) is 6.10 Å². The van der Waals surface area contributed by atoms with Crippen molar-refractivity contribution in [2.45, 2.75) is 31.8 Å². The predicted octanol–water partition coefficient (Wildman–Crippen LogP) is 2.30. The average Bonchev–Trinajstić information content (AvgIpc) is 3.18. The van der Waals surface area contributed by atoms with Crippen LogP contribution in [0.3, 0.4) is 0 Å². The van der Waals surface area contributed by atoms with Gasteiger partial charge in [-0.25, -0.2) is 8.78 Å². The van der Waals surface area contributed by atoms with Crippen LogP contribution < -0.4 is 0 Å². The Morgan fingerprint density at radius 3 is 2.85 bits per heavy atom. The number of amides is 1. The Morgan fingerprint density at radius 1 is 1.50 bits per heavy atom. The third-order valence-corrected chi connectivity index (χ3v) is 3.72. The summed E-state index contributed by atoms with van der Waals surface area (Å²) in [6, 6.07) is 3.34. The number of aliphatic hydroxyl groups excluding tert-OH is 1. The molecule has 3 nitrogen and oxygen atoms in total. The third-order valence-electron chi connectivity index (χ3n) is 3.72. The third kappa shape index (κ3) is 3.33. The highest BCUT2D eigenvalue weighted by atomic mass is 19.1. The summed E-state index contributed by atoms with van der Waals surface area (Å²) in [4.78, 5) is 13.7. The molecule has 0 spiro atoms. The number of benzene rings is 1. The Hall–Kier alpha value is -1.49.